The van der Waals surface area contributed by atoms with Crippen molar-refractivity contribution in [3.05, 3.63) is 18.2 Å². The van der Waals surface area contributed by atoms with Crippen molar-refractivity contribution in [2.75, 3.05) is 38.0 Å². The highest BCUT2D eigenvalue weighted by Crippen LogP contribution is 2.32. The van der Waals surface area contributed by atoms with E-state index >= 15 is 0 Å². The molecule has 0 saturated carbocycles. The van der Waals surface area contributed by atoms with Crippen LogP contribution < -0.4 is 10.8 Å². The van der Waals surface area contributed by atoms with E-state index in [0.717, 1.165) is 23.7 Å². The van der Waals surface area contributed by atoms with E-state index in [2.05, 4.69) is 0 Å². The highest BCUT2D eigenvalue weighted by atomic mass is 32.2. The lowest BCUT2D eigenvalue weighted by Gasteiger charge is -2.29. The normalized spacial score (nSPS) is 16.9. The van der Waals surface area contributed by atoms with Gasteiger partial charge in [0.25, 0.3) is 0 Å². The summed E-state index contributed by atoms with van der Waals surface area (Å²) in [7, 11) is -0.573. The van der Waals surface area contributed by atoms with Crippen LogP contribution in [-0.2, 0) is 14.9 Å². The molecule has 0 spiro atoms. The first-order valence-corrected chi connectivity index (χ1v) is 7.60. The summed E-state index contributed by atoms with van der Waals surface area (Å²) in [6.45, 7) is 1.35. The lowest BCUT2D eigenvalue weighted by Crippen LogP contribution is -2.31. The molecule has 1 aromatic rings. The fourth-order valence-electron chi connectivity index (χ4n) is 1.96. The van der Waals surface area contributed by atoms with Gasteiger partial charge in [-0.25, -0.2) is 12.7 Å². The Balaban J connectivity index is 2.43. The number of benzene rings is 1. The molecule has 0 unspecified atom stereocenters. The molecular weight excluding hydrogens is 266 g/mol. The summed E-state index contributed by atoms with van der Waals surface area (Å²) >= 11 is 0. The Morgan fingerprint density at radius 1 is 1.32 bits per heavy atom. The van der Waals surface area contributed by atoms with Crippen LogP contribution >= 0.6 is 0 Å². The zero-order valence-corrected chi connectivity index (χ0v) is 12.0. The van der Waals surface area contributed by atoms with Crippen molar-refractivity contribution in [2.45, 2.75) is 17.7 Å². The molecule has 0 aliphatic carbocycles. The lowest BCUT2D eigenvalue weighted by atomic mass is 10.2. The molecule has 19 heavy (non-hydrogen) atoms. The molecule has 0 atom stereocenters. The Bertz CT molecular complexity index is 551. The van der Waals surface area contributed by atoms with Gasteiger partial charge in [0.2, 0.25) is 10.0 Å². The summed E-state index contributed by atoms with van der Waals surface area (Å²) in [6, 6.07) is 4.97. The minimum atomic E-state index is -3.54. The number of hydrogen-bond acceptors (Lipinski definition) is 5. The minimum Gasteiger partial charge on any atom is -0.396 e. The maximum Gasteiger partial charge on any atom is 0.244 e. The Morgan fingerprint density at radius 3 is 2.63 bits per heavy atom. The van der Waals surface area contributed by atoms with Gasteiger partial charge in [0, 0.05) is 20.6 Å². The van der Waals surface area contributed by atoms with E-state index in [1.54, 1.807) is 17.2 Å². The van der Waals surface area contributed by atoms with Crippen LogP contribution in [0.5, 0.6) is 0 Å². The number of hydrogen-bond donors (Lipinski definition) is 1. The van der Waals surface area contributed by atoms with E-state index in [9.17, 15) is 8.42 Å². The largest absolute Gasteiger partial charge is 0.396 e. The van der Waals surface area contributed by atoms with Gasteiger partial charge in [0.05, 0.1) is 18.0 Å². The number of para-hydroxylation sites is 1. The molecule has 1 aromatic carbocycles. The summed E-state index contributed by atoms with van der Waals surface area (Å²) < 4.78 is 25.5. The lowest BCUT2D eigenvalue weighted by molar-refractivity contribution is 0.0780. The first-order chi connectivity index (χ1) is 8.94. The van der Waals surface area contributed by atoms with Crippen LogP contribution in [-0.4, -0.2) is 40.0 Å². The maximum atomic E-state index is 12.2. The van der Waals surface area contributed by atoms with Crippen LogP contribution in [0.25, 0.3) is 0 Å². The van der Waals surface area contributed by atoms with Crippen LogP contribution in [0, 0.1) is 0 Å². The van der Waals surface area contributed by atoms with Gasteiger partial charge < -0.3 is 5.73 Å². The van der Waals surface area contributed by atoms with Gasteiger partial charge in [-0.15, -0.1) is 0 Å². The zero-order chi connectivity index (χ0) is 14.0. The van der Waals surface area contributed by atoms with Gasteiger partial charge in [-0.1, -0.05) is 6.07 Å². The predicted octanol–water partition coefficient (Wildman–Crippen LogP) is 1.05. The number of rotatable bonds is 3. The second-order valence-corrected chi connectivity index (χ2v) is 6.74. The highest BCUT2D eigenvalue weighted by molar-refractivity contribution is 7.89. The Labute approximate surface area is 113 Å². The van der Waals surface area contributed by atoms with Crippen molar-refractivity contribution >= 4 is 21.4 Å². The molecular formula is C12H19N3O3S. The van der Waals surface area contributed by atoms with Gasteiger partial charge >= 0.3 is 0 Å². The third kappa shape index (κ3) is 2.68. The van der Waals surface area contributed by atoms with Crippen molar-refractivity contribution < 1.29 is 13.3 Å². The van der Waals surface area contributed by atoms with Crippen molar-refractivity contribution in [2.24, 2.45) is 0 Å². The maximum absolute atomic E-state index is 12.2. The first kappa shape index (κ1) is 14.1. The average Bonchev–Trinajstić information content (AvgIpc) is 2.39. The van der Waals surface area contributed by atoms with E-state index in [1.165, 1.54) is 20.2 Å². The second-order valence-electron chi connectivity index (χ2n) is 4.62. The average molecular weight is 285 g/mol. The van der Waals surface area contributed by atoms with E-state index < -0.39 is 10.0 Å². The number of nitrogens with zero attached hydrogens (tertiary/aromatic N) is 2. The number of nitrogens with two attached hydrogens (primary N) is 1. The number of nitrogen functional groups attached to an aromatic ring is 1. The van der Waals surface area contributed by atoms with Crippen molar-refractivity contribution in [3.8, 4) is 0 Å². The summed E-state index contributed by atoms with van der Waals surface area (Å²) in [4.78, 5) is 5.63. The molecule has 0 amide bonds. The molecule has 1 saturated heterocycles. The van der Waals surface area contributed by atoms with Gasteiger partial charge in [-0.2, -0.15) is 0 Å². The van der Waals surface area contributed by atoms with E-state index in [4.69, 9.17) is 10.6 Å². The predicted molar refractivity (Wildman–Crippen MR) is 74.3 cm³/mol. The minimum absolute atomic E-state index is 0.115. The van der Waals surface area contributed by atoms with Crippen LogP contribution in [0.2, 0.25) is 0 Å². The Hall–Kier alpha value is -1.31. The molecule has 1 aliphatic rings. The third-order valence-electron chi connectivity index (χ3n) is 3.07. The SMILES string of the molecule is CN(C)S(=O)(=O)c1cccc(N2CCCCO2)c1N. The van der Waals surface area contributed by atoms with Gasteiger partial charge in [-0.05, 0) is 25.0 Å². The van der Waals surface area contributed by atoms with Crippen molar-refractivity contribution in [1.29, 1.82) is 0 Å². The number of anilines is 2. The number of hydroxylamine groups is 1. The molecule has 7 heteroatoms. The van der Waals surface area contributed by atoms with Crippen LogP contribution in [0.1, 0.15) is 12.8 Å². The van der Waals surface area contributed by atoms with E-state index in [-0.39, 0.29) is 10.6 Å². The molecule has 106 valence electrons. The van der Waals surface area contributed by atoms with E-state index in [1.807, 2.05) is 0 Å². The molecule has 1 heterocycles. The molecule has 1 fully saturated rings. The van der Waals surface area contributed by atoms with Crippen molar-refractivity contribution in [3.63, 3.8) is 0 Å². The molecule has 2 N–H and O–H groups in total. The topological polar surface area (TPSA) is 75.9 Å². The summed E-state index contributed by atoms with van der Waals surface area (Å²) in [5.74, 6) is 0. The van der Waals surface area contributed by atoms with Crippen LogP contribution in [0.4, 0.5) is 11.4 Å². The van der Waals surface area contributed by atoms with Crippen LogP contribution in [0.15, 0.2) is 23.1 Å². The monoisotopic (exact) mass is 285 g/mol. The zero-order valence-electron chi connectivity index (χ0n) is 11.2. The molecule has 0 radical (unpaired) electrons. The quantitative estimate of drug-likeness (QED) is 0.840. The highest BCUT2D eigenvalue weighted by Gasteiger charge is 2.24. The first-order valence-electron chi connectivity index (χ1n) is 6.16. The number of sulfonamides is 1. The molecule has 0 aromatic heterocycles. The summed E-state index contributed by atoms with van der Waals surface area (Å²) in [5, 5.41) is 1.67. The molecule has 1 aliphatic heterocycles. The third-order valence-corrected chi connectivity index (χ3v) is 4.95. The van der Waals surface area contributed by atoms with Crippen molar-refractivity contribution in [1.82, 2.24) is 4.31 Å². The fourth-order valence-corrected chi connectivity index (χ4v) is 2.98. The second kappa shape index (κ2) is 5.36. The summed E-state index contributed by atoms with van der Waals surface area (Å²) in [6.07, 6.45) is 2.01. The molecule has 6 nitrogen and oxygen atoms in total. The van der Waals surface area contributed by atoms with Gasteiger partial charge in [0.15, 0.2) is 0 Å². The van der Waals surface area contributed by atoms with E-state index in [0.29, 0.717) is 12.3 Å². The smallest absolute Gasteiger partial charge is 0.244 e. The van der Waals surface area contributed by atoms with Gasteiger partial charge in [0.1, 0.15) is 4.90 Å². The fraction of sp³-hybridized carbons (Fsp3) is 0.500. The Kier molecular flexibility index (Phi) is 3.98. The molecule has 2 rings (SSSR count). The van der Waals surface area contributed by atoms with Crippen LogP contribution in [0.3, 0.4) is 0 Å². The molecule has 0 bridgehead atoms. The Morgan fingerprint density at radius 2 is 2.05 bits per heavy atom. The standard InChI is InChI=1S/C12H19N3O3S/c1-14(2)19(16,17)11-7-5-6-10(12(11)13)15-8-3-4-9-18-15/h5-7H,3-4,8-9,13H2,1-2H3. The summed E-state index contributed by atoms with van der Waals surface area (Å²) in [5.41, 5.74) is 6.86. The van der Waals surface area contributed by atoms with Gasteiger partial charge in [-0.3, -0.25) is 9.90 Å².